The first-order chi connectivity index (χ1) is 12.7. The van der Waals surface area contributed by atoms with E-state index >= 15 is 0 Å². The fourth-order valence-electron chi connectivity index (χ4n) is 2.99. The predicted molar refractivity (Wildman–Crippen MR) is 96.7 cm³/mol. The molecule has 0 N–H and O–H groups in total. The number of methoxy groups -OCH3 is 1. The zero-order valence-electron chi connectivity index (χ0n) is 14.5. The molecule has 2 aromatic carbocycles. The maximum atomic E-state index is 13.0. The lowest BCUT2D eigenvalue weighted by Crippen LogP contribution is -2.42. The highest BCUT2D eigenvalue weighted by Gasteiger charge is 2.29. The van der Waals surface area contributed by atoms with Gasteiger partial charge in [-0.1, -0.05) is 17.3 Å². The lowest BCUT2D eigenvalue weighted by molar-refractivity contribution is 0.0952. The summed E-state index contributed by atoms with van der Waals surface area (Å²) >= 11 is 0. The third-order valence-electron chi connectivity index (χ3n) is 4.27. The first-order valence-corrected chi connectivity index (χ1v) is 8.34. The molecule has 0 radical (unpaired) electrons. The van der Waals surface area contributed by atoms with Gasteiger partial charge in [0.05, 0.1) is 19.3 Å². The molecular weight excluding hydrogens is 332 g/mol. The van der Waals surface area contributed by atoms with Crippen molar-refractivity contribution >= 4 is 11.6 Å². The van der Waals surface area contributed by atoms with Crippen LogP contribution in [0.15, 0.2) is 59.1 Å². The molecule has 132 valence electrons. The number of benzene rings is 2. The Morgan fingerprint density at radius 1 is 1.19 bits per heavy atom. The fourth-order valence-corrected chi connectivity index (χ4v) is 2.99. The molecule has 1 atom stereocenters. The number of fused-ring (bicyclic) bond motifs is 1. The predicted octanol–water partition coefficient (Wildman–Crippen LogP) is 3.78. The van der Waals surface area contributed by atoms with Gasteiger partial charge in [-0.2, -0.15) is 0 Å². The highest BCUT2D eigenvalue weighted by molar-refractivity contribution is 6.06. The zero-order chi connectivity index (χ0) is 18.1. The molecule has 3 aromatic rings. The van der Waals surface area contributed by atoms with Crippen LogP contribution in [0.4, 0.5) is 5.69 Å². The molecule has 6 nitrogen and oxygen atoms in total. The Labute approximate surface area is 150 Å². The molecule has 1 aromatic heterocycles. The average Bonchev–Trinajstić information content (AvgIpc) is 3.17. The number of para-hydroxylation sites is 2. The van der Waals surface area contributed by atoms with Gasteiger partial charge in [-0.05, 0) is 43.3 Å². The number of nitrogens with zero attached hydrogens (tertiary/aromatic N) is 2. The second-order valence-corrected chi connectivity index (χ2v) is 6.12. The van der Waals surface area contributed by atoms with Crippen LogP contribution in [0.1, 0.15) is 17.4 Å². The molecular formula is C20H18N2O4. The number of hydrogen-bond donors (Lipinski definition) is 0. The van der Waals surface area contributed by atoms with Gasteiger partial charge in [0, 0.05) is 11.6 Å². The summed E-state index contributed by atoms with van der Waals surface area (Å²) in [5.74, 6) is 1.77. The van der Waals surface area contributed by atoms with Crippen molar-refractivity contribution in [2.45, 2.75) is 13.0 Å². The van der Waals surface area contributed by atoms with E-state index in [1.807, 2.05) is 55.5 Å². The number of aromatic nitrogens is 1. The number of amides is 1. The summed E-state index contributed by atoms with van der Waals surface area (Å²) in [6.45, 7) is 2.39. The quantitative estimate of drug-likeness (QED) is 0.719. The molecule has 1 amide bonds. The fraction of sp³-hybridized carbons (Fsp3) is 0.200. The van der Waals surface area contributed by atoms with Crippen LogP contribution in [-0.4, -0.2) is 30.8 Å². The largest absolute Gasteiger partial charge is 0.497 e. The van der Waals surface area contributed by atoms with Gasteiger partial charge in [-0.3, -0.25) is 9.69 Å². The third kappa shape index (κ3) is 2.90. The molecule has 0 fully saturated rings. The van der Waals surface area contributed by atoms with Gasteiger partial charge in [0.2, 0.25) is 0 Å². The summed E-state index contributed by atoms with van der Waals surface area (Å²) < 4.78 is 16.3. The minimum Gasteiger partial charge on any atom is -0.497 e. The molecule has 0 saturated heterocycles. The summed E-state index contributed by atoms with van der Waals surface area (Å²) in [6, 6.07) is 16.5. The van der Waals surface area contributed by atoms with Crippen molar-refractivity contribution in [3.8, 4) is 22.8 Å². The van der Waals surface area contributed by atoms with Crippen LogP contribution >= 0.6 is 0 Å². The molecule has 1 aliphatic rings. The number of hydrogen-bond acceptors (Lipinski definition) is 5. The molecule has 26 heavy (non-hydrogen) atoms. The Bertz CT molecular complexity index is 933. The zero-order valence-corrected chi connectivity index (χ0v) is 14.5. The van der Waals surface area contributed by atoms with Crippen LogP contribution in [0.2, 0.25) is 0 Å². The molecule has 0 saturated carbocycles. The van der Waals surface area contributed by atoms with Crippen LogP contribution in [-0.2, 0) is 0 Å². The molecule has 0 unspecified atom stereocenters. The molecule has 2 heterocycles. The lowest BCUT2D eigenvalue weighted by Gasteiger charge is -2.32. The van der Waals surface area contributed by atoms with E-state index in [1.165, 1.54) is 0 Å². The van der Waals surface area contributed by atoms with E-state index in [0.29, 0.717) is 18.1 Å². The molecule has 0 aliphatic carbocycles. The van der Waals surface area contributed by atoms with Gasteiger partial charge in [-0.25, -0.2) is 0 Å². The van der Waals surface area contributed by atoms with Crippen molar-refractivity contribution < 1.29 is 18.8 Å². The molecule has 4 rings (SSSR count). The van der Waals surface area contributed by atoms with E-state index in [1.54, 1.807) is 18.1 Å². The monoisotopic (exact) mass is 350 g/mol. The van der Waals surface area contributed by atoms with Gasteiger partial charge in [0.15, 0.2) is 11.5 Å². The van der Waals surface area contributed by atoms with Crippen molar-refractivity contribution in [2.75, 3.05) is 18.6 Å². The summed E-state index contributed by atoms with van der Waals surface area (Å²) in [5, 5.41) is 3.97. The van der Waals surface area contributed by atoms with Gasteiger partial charge in [-0.15, -0.1) is 0 Å². The highest BCUT2D eigenvalue weighted by atomic mass is 16.5. The number of carbonyl (C=O) groups excluding carboxylic acids is 1. The van der Waals surface area contributed by atoms with E-state index in [-0.39, 0.29) is 17.7 Å². The van der Waals surface area contributed by atoms with Gasteiger partial charge < -0.3 is 14.0 Å². The van der Waals surface area contributed by atoms with Crippen LogP contribution < -0.4 is 14.4 Å². The van der Waals surface area contributed by atoms with Crippen LogP contribution in [0.3, 0.4) is 0 Å². The Morgan fingerprint density at radius 3 is 2.73 bits per heavy atom. The van der Waals surface area contributed by atoms with E-state index in [4.69, 9.17) is 14.0 Å². The summed E-state index contributed by atoms with van der Waals surface area (Å²) in [6.07, 6.45) is -0.0955. The molecule has 1 aliphatic heterocycles. The normalized spacial score (nSPS) is 15.9. The highest BCUT2D eigenvalue weighted by Crippen LogP contribution is 2.34. The molecule has 6 heteroatoms. The summed E-state index contributed by atoms with van der Waals surface area (Å²) in [5.41, 5.74) is 1.83. The molecule has 0 bridgehead atoms. The number of carbonyl (C=O) groups is 1. The summed E-state index contributed by atoms with van der Waals surface area (Å²) in [4.78, 5) is 14.7. The van der Waals surface area contributed by atoms with Crippen molar-refractivity contribution in [2.24, 2.45) is 0 Å². The number of ether oxygens (including phenoxy) is 2. The second-order valence-electron chi connectivity index (χ2n) is 6.12. The van der Waals surface area contributed by atoms with Crippen molar-refractivity contribution in [3.05, 3.63) is 60.3 Å². The van der Waals surface area contributed by atoms with Gasteiger partial charge in [0.25, 0.3) is 5.91 Å². The minimum atomic E-state index is -0.212. The summed E-state index contributed by atoms with van der Waals surface area (Å²) in [7, 11) is 1.61. The average molecular weight is 350 g/mol. The second kappa shape index (κ2) is 6.55. The van der Waals surface area contributed by atoms with E-state index in [9.17, 15) is 4.79 Å². The van der Waals surface area contributed by atoms with E-state index in [2.05, 4.69) is 5.16 Å². The smallest absolute Gasteiger partial charge is 0.280 e. The van der Waals surface area contributed by atoms with E-state index in [0.717, 1.165) is 17.0 Å². The minimum absolute atomic E-state index is 0.0955. The first kappa shape index (κ1) is 16.2. The van der Waals surface area contributed by atoms with Crippen molar-refractivity contribution in [1.82, 2.24) is 5.16 Å². The van der Waals surface area contributed by atoms with Crippen LogP contribution in [0.25, 0.3) is 11.3 Å². The molecule has 0 spiro atoms. The van der Waals surface area contributed by atoms with Gasteiger partial charge in [0.1, 0.15) is 17.6 Å². The number of rotatable bonds is 3. The lowest BCUT2D eigenvalue weighted by atomic mass is 10.1. The first-order valence-electron chi connectivity index (χ1n) is 8.34. The SMILES string of the molecule is COc1ccc(-c2cc(C(=O)N3C[C@H](C)Oc4ccccc43)no2)cc1. The maximum Gasteiger partial charge on any atom is 0.280 e. The third-order valence-corrected chi connectivity index (χ3v) is 4.27. The van der Waals surface area contributed by atoms with E-state index < -0.39 is 0 Å². The Hall–Kier alpha value is -3.28. The van der Waals surface area contributed by atoms with Crippen molar-refractivity contribution in [1.29, 1.82) is 0 Å². The number of anilines is 1. The standard InChI is InChI=1S/C20H18N2O4/c1-13-12-22(17-5-3-4-6-18(17)25-13)20(23)16-11-19(26-21-16)14-7-9-15(24-2)10-8-14/h3-11,13H,12H2,1-2H3/t13-/m0/s1. The topological polar surface area (TPSA) is 64.8 Å². The van der Waals surface area contributed by atoms with Crippen LogP contribution in [0, 0.1) is 0 Å². The Balaban J connectivity index is 1.62. The Kier molecular flexibility index (Phi) is 4.08. The van der Waals surface area contributed by atoms with Gasteiger partial charge >= 0.3 is 0 Å². The van der Waals surface area contributed by atoms with Crippen LogP contribution in [0.5, 0.6) is 11.5 Å². The Morgan fingerprint density at radius 2 is 1.96 bits per heavy atom. The van der Waals surface area contributed by atoms with Crippen molar-refractivity contribution in [3.63, 3.8) is 0 Å². The maximum absolute atomic E-state index is 13.0.